The zero-order valence-corrected chi connectivity index (χ0v) is 15.9. The van der Waals surface area contributed by atoms with E-state index in [1.165, 1.54) is 12.1 Å². The molecule has 8 nitrogen and oxygen atoms in total. The first-order chi connectivity index (χ1) is 13.4. The summed E-state index contributed by atoms with van der Waals surface area (Å²) in [7, 11) is 1.15. The second-order valence-electron chi connectivity index (χ2n) is 5.86. The van der Waals surface area contributed by atoms with Crippen LogP contribution in [0.15, 0.2) is 42.0 Å². The first-order valence-electron chi connectivity index (χ1n) is 8.77. The van der Waals surface area contributed by atoms with Gasteiger partial charge in [-0.05, 0) is 19.4 Å². The van der Waals surface area contributed by atoms with Crippen LogP contribution in [0.3, 0.4) is 0 Å². The highest BCUT2D eigenvalue weighted by molar-refractivity contribution is 6.14. The van der Waals surface area contributed by atoms with Gasteiger partial charge in [0.15, 0.2) is 11.9 Å². The van der Waals surface area contributed by atoms with Crippen LogP contribution in [0.2, 0.25) is 0 Å². The predicted octanol–water partition coefficient (Wildman–Crippen LogP) is 1.48. The van der Waals surface area contributed by atoms with Gasteiger partial charge in [0, 0.05) is 11.6 Å². The number of carbonyl (C=O) groups is 4. The van der Waals surface area contributed by atoms with Crippen molar-refractivity contribution in [3.63, 3.8) is 0 Å². The lowest BCUT2D eigenvalue weighted by Gasteiger charge is -2.29. The minimum absolute atomic E-state index is 0.0439. The standard InChI is InChI=1S/C20H22O8/c1-4-26-18(23)20(19(24)27-5-2)14(11-15(21)25-3)12-28-17(20)16(22)13-9-7-6-8-10-13/h6-11,17H,4-5,12H2,1-3H3/b14-11+. The van der Waals surface area contributed by atoms with Crippen LogP contribution in [0.1, 0.15) is 24.2 Å². The molecule has 1 aliphatic heterocycles. The third-order valence-electron chi connectivity index (χ3n) is 4.29. The van der Waals surface area contributed by atoms with Crippen LogP contribution in [0.5, 0.6) is 0 Å². The first-order valence-corrected chi connectivity index (χ1v) is 8.77. The summed E-state index contributed by atoms with van der Waals surface area (Å²) >= 11 is 0. The van der Waals surface area contributed by atoms with E-state index in [1.807, 2.05) is 0 Å². The summed E-state index contributed by atoms with van der Waals surface area (Å²) in [6.07, 6.45) is -0.574. The quantitative estimate of drug-likeness (QED) is 0.227. The number of Topliss-reactive ketones (excluding diaryl/α,β-unsaturated/α-hetero) is 1. The second kappa shape index (κ2) is 9.27. The normalized spacial score (nSPS) is 19.1. The van der Waals surface area contributed by atoms with Crippen LogP contribution in [0, 0.1) is 5.41 Å². The molecule has 0 amide bonds. The molecule has 1 atom stereocenters. The molecule has 1 fully saturated rings. The fourth-order valence-corrected chi connectivity index (χ4v) is 3.01. The molecule has 1 aromatic rings. The third kappa shape index (κ3) is 3.82. The number of hydrogen-bond donors (Lipinski definition) is 0. The summed E-state index contributed by atoms with van der Waals surface area (Å²) < 4.78 is 20.3. The van der Waals surface area contributed by atoms with Gasteiger partial charge in [0.05, 0.1) is 26.9 Å². The van der Waals surface area contributed by atoms with E-state index in [9.17, 15) is 19.2 Å². The minimum atomic E-state index is -2.23. The highest BCUT2D eigenvalue weighted by atomic mass is 16.6. The monoisotopic (exact) mass is 390 g/mol. The van der Waals surface area contributed by atoms with Gasteiger partial charge in [-0.15, -0.1) is 0 Å². The molecule has 0 aromatic heterocycles. The Morgan fingerprint density at radius 2 is 1.64 bits per heavy atom. The summed E-state index contributed by atoms with van der Waals surface area (Å²) in [6.45, 7) is 2.72. The number of esters is 3. The molecule has 150 valence electrons. The van der Waals surface area contributed by atoms with Gasteiger partial charge in [-0.25, -0.2) is 4.79 Å². The molecule has 1 saturated heterocycles. The number of carbonyl (C=O) groups excluding carboxylic acids is 4. The molecule has 8 heteroatoms. The van der Waals surface area contributed by atoms with Crippen LogP contribution >= 0.6 is 0 Å². The van der Waals surface area contributed by atoms with Crippen molar-refractivity contribution >= 4 is 23.7 Å². The molecule has 1 aromatic carbocycles. The number of hydrogen-bond acceptors (Lipinski definition) is 8. The van der Waals surface area contributed by atoms with E-state index < -0.39 is 35.2 Å². The molecule has 0 spiro atoms. The molecular weight excluding hydrogens is 368 g/mol. The van der Waals surface area contributed by atoms with Crippen molar-refractivity contribution in [2.24, 2.45) is 5.41 Å². The van der Waals surface area contributed by atoms with Gasteiger partial charge in [0.25, 0.3) is 0 Å². The van der Waals surface area contributed by atoms with Crippen molar-refractivity contribution in [1.29, 1.82) is 0 Å². The van der Waals surface area contributed by atoms with Gasteiger partial charge in [0.1, 0.15) is 0 Å². The van der Waals surface area contributed by atoms with Crippen LogP contribution < -0.4 is 0 Å². The Kier molecular flexibility index (Phi) is 7.06. The Labute approximate surface area is 162 Å². The van der Waals surface area contributed by atoms with Gasteiger partial charge in [-0.2, -0.15) is 0 Å². The largest absolute Gasteiger partial charge is 0.466 e. The number of methoxy groups -OCH3 is 1. The van der Waals surface area contributed by atoms with E-state index in [-0.39, 0.29) is 31.0 Å². The number of ketones is 1. The van der Waals surface area contributed by atoms with Gasteiger partial charge in [-0.3, -0.25) is 14.4 Å². The zero-order valence-electron chi connectivity index (χ0n) is 15.9. The van der Waals surface area contributed by atoms with Crippen LogP contribution in [0.25, 0.3) is 0 Å². The predicted molar refractivity (Wildman–Crippen MR) is 96.3 cm³/mol. The molecule has 2 rings (SSSR count). The molecule has 0 saturated carbocycles. The Bertz CT molecular complexity index is 763. The fraction of sp³-hybridized carbons (Fsp3) is 0.400. The van der Waals surface area contributed by atoms with E-state index >= 15 is 0 Å². The maximum Gasteiger partial charge on any atom is 0.331 e. The lowest BCUT2D eigenvalue weighted by molar-refractivity contribution is -0.171. The first kappa shape index (κ1) is 21.3. The third-order valence-corrected chi connectivity index (χ3v) is 4.29. The average molecular weight is 390 g/mol. The van der Waals surface area contributed by atoms with E-state index in [2.05, 4.69) is 4.74 Å². The summed E-state index contributed by atoms with van der Waals surface area (Å²) in [5.41, 5.74) is -2.04. The van der Waals surface area contributed by atoms with Crippen molar-refractivity contribution in [2.75, 3.05) is 26.9 Å². The van der Waals surface area contributed by atoms with E-state index in [4.69, 9.17) is 14.2 Å². The van der Waals surface area contributed by atoms with Gasteiger partial charge in [0.2, 0.25) is 5.41 Å². The van der Waals surface area contributed by atoms with Crippen molar-refractivity contribution in [1.82, 2.24) is 0 Å². The maximum atomic E-state index is 13.1. The molecule has 1 aliphatic rings. The summed E-state index contributed by atoms with van der Waals surface area (Å²) in [6, 6.07) is 8.08. The Morgan fingerprint density at radius 3 is 2.14 bits per heavy atom. The van der Waals surface area contributed by atoms with Gasteiger partial charge < -0.3 is 18.9 Å². The van der Waals surface area contributed by atoms with Crippen LogP contribution in [-0.2, 0) is 33.3 Å². The SMILES string of the molecule is CCOC(=O)C1(C(=O)OCC)/C(=C/C(=O)OC)COC1C(=O)c1ccccc1. The molecule has 0 bridgehead atoms. The zero-order chi connectivity index (χ0) is 20.7. The van der Waals surface area contributed by atoms with E-state index in [0.717, 1.165) is 13.2 Å². The molecule has 1 heterocycles. The second-order valence-corrected chi connectivity index (χ2v) is 5.86. The molecule has 0 N–H and O–H groups in total. The average Bonchev–Trinajstić information content (AvgIpc) is 3.08. The lowest BCUT2D eigenvalue weighted by atomic mass is 9.74. The highest BCUT2D eigenvalue weighted by Crippen LogP contribution is 2.44. The summed E-state index contributed by atoms with van der Waals surface area (Å²) in [4.78, 5) is 50.8. The molecule has 1 unspecified atom stereocenters. The van der Waals surface area contributed by atoms with Crippen molar-refractivity contribution in [3.8, 4) is 0 Å². The Morgan fingerprint density at radius 1 is 1.07 bits per heavy atom. The molecule has 0 radical (unpaired) electrons. The summed E-state index contributed by atoms with van der Waals surface area (Å²) in [5, 5.41) is 0. The highest BCUT2D eigenvalue weighted by Gasteiger charge is 2.64. The lowest BCUT2D eigenvalue weighted by Crippen LogP contribution is -2.52. The fourth-order valence-electron chi connectivity index (χ4n) is 3.01. The smallest absolute Gasteiger partial charge is 0.331 e. The topological polar surface area (TPSA) is 105 Å². The van der Waals surface area contributed by atoms with Crippen LogP contribution in [-0.4, -0.2) is 56.7 Å². The molecule has 28 heavy (non-hydrogen) atoms. The van der Waals surface area contributed by atoms with Crippen molar-refractivity contribution in [2.45, 2.75) is 20.0 Å². The van der Waals surface area contributed by atoms with Crippen LogP contribution in [0.4, 0.5) is 0 Å². The molecular formula is C20H22O8. The van der Waals surface area contributed by atoms with Gasteiger partial charge in [-0.1, -0.05) is 30.3 Å². The summed E-state index contributed by atoms with van der Waals surface area (Å²) in [5.74, 6) is -3.44. The Balaban J connectivity index is 2.66. The Hall–Kier alpha value is -3.00. The van der Waals surface area contributed by atoms with Crippen molar-refractivity contribution < 1.29 is 38.1 Å². The number of ether oxygens (including phenoxy) is 4. The van der Waals surface area contributed by atoms with E-state index in [0.29, 0.717) is 0 Å². The minimum Gasteiger partial charge on any atom is -0.466 e. The van der Waals surface area contributed by atoms with Crippen molar-refractivity contribution in [3.05, 3.63) is 47.5 Å². The van der Waals surface area contributed by atoms with Gasteiger partial charge >= 0.3 is 17.9 Å². The molecule has 0 aliphatic carbocycles. The number of benzene rings is 1. The number of rotatable bonds is 7. The van der Waals surface area contributed by atoms with E-state index in [1.54, 1.807) is 32.0 Å². The maximum absolute atomic E-state index is 13.1.